The smallest absolute Gasteiger partial charge is 0.410 e. The van der Waals surface area contributed by atoms with Gasteiger partial charge >= 0.3 is 6.09 Å². The summed E-state index contributed by atoms with van der Waals surface area (Å²) in [7, 11) is 0. The average Bonchev–Trinajstić information content (AvgIpc) is 2.60. The normalized spacial score (nSPS) is 11.6. The Morgan fingerprint density at radius 3 is 2.42 bits per heavy atom. The van der Waals surface area contributed by atoms with Gasteiger partial charge < -0.3 is 14.4 Å². The van der Waals surface area contributed by atoms with Gasteiger partial charge in [0, 0.05) is 23.5 Å². The van der Waals surface area contributed by atoms with Crippen LogP contribution in [0.5, 0.6) is 0 Å². The van der Waals surface area contributed by atoms with Crippen LogP contribution < -0.4 is 0 Å². The summed E-state index contributed by atoms with van der Waals surface area (Å²) in [5, 5.41) is 0. The molecule has 0 aromatic heterocycles. The summed E-state index contributed by atoms with van der Waals surface area (Å²) in [6, 6.07) is 17.0. The van der Waals surface area contributed by atoms with Gasteiger partial charge in [0.15, 0.2) is 0 Å². The van der Waals surface area contributed by atoms with Gasteiger partial charge in [-0.25, -0.2) is 4.79 Å². The Morgan fingerprint density at radius 2 is 1.79 bits per heavy atom. The fourth-order valence-corrected chi connectivity index (χ4v) is 2.52. The molecule has 0 fully saturated rings. The fraction of sp³-hybridized carbons (Fsp3) is 0.263. The average molecular weight is 390 g/mol. The fourth-order valence-electron chi connectivity index (χ4n) is 2.26. The highest BCUT2D eigenvalue weighted by Crippen LogP contribution is 2.16. The number of nitrogens with zero attached hydrogens (tertiary/aromatic N) is 1. The third-order valence-electron chi connectivity index (χ3n) is 3.68. The number of amides is 1. The van der Waals surface area contributed by atoms with Gasteiger partial charge in [-0.3, -0.25) is 0 Å². The van der Waals surface area contributed by atoms with Gasteiger partial charge in [0.05, 0.1) is 0 Å². The van der Waals surface area contributed by atoms with Crippen molar-refractivity contribution in [3.63, 3.8) is 0 Å². The van der Waals surface area contributed by atoms with Crippen LogP contribution >= 0.6 is 15.9 Å². The molecule has 0 saturated heterocycles. The van der Waals surface area contributed by atoms with Gasteiger partial charge in [-0.2, -0.15) is 0 Å². The van der Waals surface area contributed by atoms with Gasteiger partial charge in [-0.15, -0.1) is 0 Å². The Morgan fingerprint density at radius 1 is 1.12 bits per heavy atom. The Kier molecular flexibility index (Phi) is 7.00. The lowest BCUT2D eigenvalue weighted by molar-refractivity contribution is -0.108. The van der Waals surface area contributed by atoms with Gasteiger partial charge in [0.2, 0.25) is 0 Å². The quantitative estimate of drug-likeness (QED) is 0.651. The van der Waals surface area contributed by atoms with Crippen LogP contribution in [-0.4, -0.2) is 23.3 Å². The predicted molar refractivity (Wildman–Crippen MR) is 96.5 cm³/mol. The van der Waals surface area contributed by atoms with Crippen molar-refractivity contribution in [2.24, 2.45) is 0 Å². The molecule has 1 amide bonds. The van der Waals surface area contributed by atoms with Crippen LogP contribution in [0, 0.1) is 0 Å². The molecule has 4 nitrogen and oxygen atoms in total. The minimum Gasteiger partial charge on any atom is -0.445 e. The maximum absolute atomic E-state index is 12.5. The molecule has 0 aliphatic carbocycles. The van der Waals surface area contributed by atoms with E-state index in [-0.39, 0.29) is 19.1 Å². The molecule has 126 valence electrons. The zero-order chi connectivity index (χ0) is 17.4. The van der Waals surface area contributed by atoms with E-state index in [1.54, 1.807) is 4.90 Å². The zero-order valence-corrected chi connectivity index (χ0v) is 15.1. The highest BCUT2D eigenvalue weighted by molar-refractivity contribution is 9.10. The zero-order valence-electron chi connectivity index (χ0n) is 13.5. The molecule has 0 saturated carbocycles. The second-order valence-electron chi connectivity index (χ2n) is 5.55. The number of carbonyl (C=O) groups is 2. The van der Waals surface area contributed by atoms with E-state index in [1.807, 2.05) is 61.5 Å². The van der Waals surface area contributed by atoms with E-state index >= 15 is 0 Å². The Balaban J connectivity index is 2.05. The first-order chi connectivity index (χ1) is 11.6. The van der Waals surface area contributed by atoms with Gasteiger partial charge in [-0.05, 0) is 30.2 Å². The lowest BCUT2D eigenvalue weighted by Gasteiger charge is -2.27. The van der Waals surface area contributed by atoms with Gasteiger partial charge in [-0.1, -0.05) is 58.4 Å². The van der Waals surface area contributed by atoms with Crippen LogP contribution in [0.4, 0.5) is 4.79 Å². The van der Waals surface area contributed by atoms with E-state index in [0.717, 1.165) is 21.9 Å². The summed E-state index contributed by atoms with van der Waals surface area (Å²) in [5.74, 6) is 0. The molecule has 5 heteroatoms. The lowest BCUT2D eigenvalue weighted by atomic mass is 10.1. The summed E-state index contributed by atoms with van der Waals surface area (Å²) < 4.78 is 6.39. The largest absolute Gasteiger partial charge is 0.445 e. The van der Waals surface area contributed by atoms with E-state index in [4.69, 9.17) is 4.74 Å². The van der Waals surface area contributed by atoms with E-state index in [0.29, 0.717) is 6.54 Å². The van der Waals surface area contributed by atoms with E-state index in [1.165, 1.54) is 0 Å². The standard InChI is InChI=1S/C19H20BrNO3/c1-15(11-12-22)21(13-16-7-9-18(20)10-8-16)19(23)24-14-17-5-3-2-4-6-17/h2-10,12,15H,11,13-14H2,1H3. The number of halogens is 1. The second-order valence-corrected chi connectivity index (χ2v) is 6.46. The van der Waals surface area contributed by atoms with Crippen LogP contribution in [0.1, 0.15) is 24.5 Å². The van der Waals surface area contributed by atoms with Crippen LogP contribution in [0.15, 0.2) is 59.1 Å². The van der Waals surface area contributed by atoms with E-state index in [9.17, 15) is 9.59 Å². The topological polar surface area (TPSA) is 46.6 Å². The van der Waals surface area contributed by atoms with Crippen LogP contribution in [0.2, 0.25) is 0 Å². The minimum atomic E-state index is -0.420. The highest BCUT2D eigenvalue weighted by Gasteiger charge is 2.21. The van der Waals surface area contributed by atoms with Crippen molar-refractivity contribution < 1.29 is 14.3 Å². The minimum absolute atomic E-state index is 0.213. The maximum atomic E-state index is 12.5. The predicted octanol–water partition coefficient (Wildman–Crippen LogP) is 4.57. The van der Waals surface area contributed by atoms with Crippen molar-refractivity contribution in [3.8, 4) is 0 Å². The Labute approximate surface area is 150 Å². The van der Waals surface area contributed by atoms with E-state index < -0.39 is 6.09 Å². The summed E-state index contributed by atoms with van der Waals surface area (Å²) in [6.07, 6.45) is 0.678. The van der Waals surface area contributed by atoms with Crippen molar-refractivity contribution in [1.29, 1.82) is 0 Å². The number of rotatable bonds is 7. The molecule has 0 aliphatic rings. The molecule has 2 aromatic carbocycles. The Bertz CT molecular complexity index is 658. The van der Waals surface area contributed by atoms with Crippen LogP contribution in [0.25, 0.3) is 0 Å². The maximum Gasteiger partial charge on any atom is 0.410 e. The third kappa shape index (κ3) is 5.49. The molecule has 2 rings (SSSR count). The monoisotopic (exact) mass is 389 g/mol. The molecule has 2 aromatic rings. The van der Waals surface area contributed by atoms with Crippen molar-refractivity contribution in [2.45, 2.75) is 32.5 Å². The number of hydrogen-bond acceptors (Lipinski definition) is 3. The molecule has 24 heavy (non-hydrogen) atoms. The molecular formula is C19H20BrNO3. The van der Waals surface area contributed by atoms with Crippen molar-refractivity contribution in [2.75, 3.05) is 0 Å². The second kappa shape index (κ2) is 9.23. The summed E-state index contributed by atoms with van der Waals surface area (Å²) >= 11 is 3.39. The highest BCUT2D eigenvalue weighted by atomic mass is 79.9. The lowest BCUT2D eigenvalue weighted by Crippen LogP contribution is -2.38. The SMILES string of the molecule is CC(CC=O)N(Cc1ccc(Br)cc1)C(=O)OCc1ccccc1. The number of aldehydes is 1. The molecule has 0 aliphatic heterocycles. The van der Waals surface area contributed by atoms with Gasteiger partial charge in [0.1, 0.15) is 12.9 Å². The van der Waals surface area contributed by atoms with Gasteiger partial charge in [0.25, 0.3) is 0 Å². The molecule has 0 spiro atoms. The summed E-state index contributed by atoms with van der Waals surface area (Å²) in [5.41, 5.74) is 1.91. The molecule has 0 N–H and O–H groups in total. The Hall–Kier alpha value is -2.14. The summed E-state index contributed by atoms with van der Waals surface area (Å²) in [6.45, 7) is 2.46. The number of carbonyl (C=O) groups excluding carboxylic acids is 2. The van der Waals surface area contributed by atoms with Crippen LogP contribution in [0.3, 0.4) is 0 Å². The van der Waals surface area contributed by atoms with Crippen molar-refractivity contribution in [3.05, 3.63) is 70.2 Å². The molecule has 0 bridgehead atoms. The molecule has 1 atom stereocenters. The number of hydrogen-bond donors (Lipinski definition) is 0. The first-order valence-electron chi connectivity index (χ1n) is 7.75. The molecule has 1 unspecified atom stereocenters. The summed E-state index contributed by atoms with van der Waals surface area (Å²) in [4.78, 5) is 24.9. The molecule has 0 heterocycles. The van der Waals surface area contributed by atoms with Crippen LogP contribution in [-0.2, 0) is 22.7 Å². The molecule has 0 radical (unpaired) electrons. The van der Waals surface area contributed by atoms with Crippen molar-refractivity contribution in [1.82, 2.24) is 4.90 Å². The first kappa shape index (κ1) is 18.2. The molecular weight excluding hydrogens is 370 g/mol. The number of benzene rings is 2. The van der Waals surface area contributed by atoms with E-state index in [2.05, 4.69) is 15.9 Å². The first-order valence-corrected chi connectivity index (χ1v) is 8.55. The third-order valence-corrected chi connectivity index (χ3v) is 4.20. The number of ether oxygens (including phenoxy) is 1. The van der Waals surface area contributed by atoms with Crippen molar-refractivity contribution >= 4 is 28.3 Å².